The van der Waals surface area contributed by atoms with Crippen molar-refractivity contribution in [3.8, 4) is 0 Å². The maximum absolute atomic E-state index is 12.2. The van der Waals surface area contributed by atoms with Crippen molar-refractivity contribution in [2.24, 2.45) is 0 Å². The van der Waals surface area contributed by atoms with Crippen molar-refractivity contribution >= 4 is 60.0 Å². The molecule has 0 aliphatic rings. The van der Waals surface area contributed by atoms with Crippen LogP contribution in [-0.4, -0.2) is 25.6 Å². The Balaban J connectivity index is 2.22. The molecule has 0 atom stereocenters. The minimum absolute atomic E-state index is 0.0315. The van der Waals surface area contributed by atoms with E-state index in [1.165, 1.54) is 18.3 Å². The van der Waals surface area contributed by atoms with E-state index in [-0.39, 0.29) is 10.9 Å². The van der Waals surface area contributed by atoms with Gasteiger partial charge in [0.25, 0.3) is 5.91 Å². The van der Waals surface area contributed by atoms with Crippen LogP contribution in [0, 0.1) is 3.57 Å². The zero-order valence-electron chi connectivity index (χ0n) is 10.8. The molecule has 1 amide bonds. The van der Waals surface area contributed by atoms with Gasteiger partial charge < -0.3 is 5.32 Å². The smallest absolute Gasteiger partial charge is 0.256 e. The molecular weight excluding hydrogens is 471 g/mol. The summed E-state index contributed by atoms with van der Waals surface area (Å²) >= 11 is 5.44. The number of hydrogen-bond donors (Lipinski definition) is 1. The number of aromatic nitrogens is 1. The molecule has 0 radical (unpaired) electrons. The molecule has 0 aliphatic heterocycles. The first-order valence-corrected chi connectivity index (χ1v) is 9.46. The summed E-state index contributed by atoms with van der Waals surface area (Å²) in [4.78, 5) is 16.0. The van der Waals surface area contributed by atoms with Crippen molar-refractivity contribution in [3.05, 3.63) is 50.1 Å². The predicted molar refractivity (Wildman–Crippen MR) is 92.2 cm³/mol. The number of carbonyl (C=O) groups is 1. The Morgan fingerprint density at radius 3 is 2.57 bits per heavy atom. The van der Waals surface area contributed by atoms with Gasteiger partial charge in [-0.3, -0.25) is 4.79 Å². The number of anilines is 1. The molecule has 110 valence electrons. The molecular formula is C13H10BrIN2O3S. The lowest BCUT2D eigenvalue weighted by Gasteiger charge is -2.07. The highest BCUT2D eigenvalue weighted by atomic mass is 127. The van der Waals surface area contributed by atoms with Crippen molar-refractivity contribution in [1.29, 1.82) is 0 Å². The molecule has 21 heavy (non-hydrogen) atoms. The predicted octanol–water partition coefficient (Wildman–Crippen LogP) is 3.10. The molecule has 5 nitrogen and oxygen atoms in total. The van der Waals surface area contributed by atoms with Crippen LogP contribution in [0.25, 0.3) is 0 Å². The van der Waals surface area contributed by atoms with Gasteiger partial charge in [-0.15, -0.1) is 0 Å². The van der Waals surface area contributed by atoms with Crippen LogP contribution in [0.4, 0.5) is 5.69 Å². The summed E-state index contributed by atoms with van der Waals surface area (Å²) in [5.41, 5.74) is 0.923. The molecule has 1 aromatic heterocycles. The summed E-state index contributed by atoms with van der Waals surface area (Å²) in [6.45, 7) is 0. The van der Waals surface area contributed by atoms with Gasteiger partial charge in [-0.1, -0.05) is 0 Å². The third-order valence-electron chi connectivity index (χ3n) is 2.55. The number of benzene rings is 1. The summed E-state index contributed by atoms with van der Waals surface area (Å²) in [5, 5.41) is 2.64. The van der Waals surface area contributed by atoms with E-state index < -0.39 is 9.84 Å². The van der Waals surface area contributed by atoms with Crippen molar-refractivity contribution in [1.82, 2.24) is 4.98 Å². The number of rotatable bonds is 3. The Morgan fingerprint density at radius 1 is 1.29 bits per heavy atom. The normalized spacial score (nSPS) is 11.2. The van der Waals surface area contributed by atoms with Gasteiger partial charge in [0.2, 0.25) is 0 Å². The quantitative estimate of drug-likeness (QED) is 0.685. The molecule has 2 rings (SSSR count). The summed E-state index contributed by atoms with van der Waals surface area (Å²) < 4.78 is 24.2. The fourth-order valence-electron chi connectivity index (χ4n) is 1.54. The van der Waals surface area contributed by atoms with E-state index in [2.05, 4.69) is 48.8 Å². The molecule has 0 aliphatic carbocycles. The van der Waals surface area contributed by atoms with Crippen LogP contribution in [0.5, 0.6) is 0 Å². The van der Waals surface area contributed by atoms with Gasteiger partial charge in [0.15, 0.2) is 14.9 Å². The highest BCUT2D eigenvalue weighted by Gasteiger charge is 2.12. The highest BCUT2D eigenvalue weighted by Crippen LogP contribution is 2.21. The Kier molecular flexibility index (Phi) is 4.99. The van der Waals surface area contributed by atoms with Crippen LogP contribution in [-0.2, 0) is 9.84 Å². The average Bonchev–Trinajstić information content (AvgIpc) is 2.41. The molecule has 0 saturated heterocycles. The summed E-state index contributed by atoms with van der Waals surface area (Å²) in [7, 11) is -3.34. The molecule has 0 fully saturated rings. The number of nitrogens with one attached hydrogen (secondary N) is 1. The van der Waals surface area contributed by atoms with E-state index in [0.717, 1.165) is 9.83 Å². The molecule has 0 saturated carbocycles. The van der Waals surface area contributed by atoms with E-state index in [4.69, 9.17) is 0 Å². The van der Waals surface area contributed by atoms with Crippen LogP contribution in [0.3, 0.4) is 0 Å². The van der Waals surface area contributed by atoms with E-state index in [1.54, 1.807) is 12.1 Å². The lowest BCUT2D eigenvalue weighted by Crippen LogP contribution is -2.13. The Morgan fingerprint density at radius 2 is 2.00 bits per heavy atom. The van der Waals surface area contributed by atoms with Gasteiger partial charge in [-0.05, 0) is 68.9 Å². The number of sulfone groups is 1. The fourth-order valence-corrected chi connectivity index (χ4v) is 3.02. The van der Waals surface area contributed by atoms with Gasteiger partial charge in [0.05, 0.1) is 17.4 Å². The number of amides is 1. The molecule has 2 aromatic rings. The van der Waals surface area contributed by atoms with Gasteiger partial charge >= 0.3 is 0 Å². The van der Waals surface area contributed by atoms with Crippen LogP contribution in [0.15, 0.2) is 46.0 Å². The Bertz CT molecular complexity index is 792. The number of pyridine rings is 1. The number of carbonyl (C=O) groups excluding carboxylic acids is 1. The van der Waals surface area contributed by atoms with Crippen LogP contribution in [0.2, 0.25) is 0 Å². The monoisotopic (exact) mass is 480 g/mol. The highest BCUT2D eigenvalue weighted by molar-refractivity contribution is 14.1. The van der Waals surface area contributed by atoms with Crippen molar-refractivity contribution in [2.75, 3.05) is 11.6 Å². The maximum Gasteiger partial charge on any atom is 0.256 e. The van der Waals surface area contributed by atoms with E-state index >= 15 is 0 Å². The molecule has 1 heterocycles. The van der Waals surface area contributed by atoms with E-state index in [0.29, 0.717) is 15.7 Å². The summed E-state index contributed by atoms with van der Waals surface area (Å²) in [6, 6.07) is 8.28. The number of nitrogens with zero attached hydrogens (tertiary/aromatic N) is 1. The maximum atomic E-state index is 12.2. The average molecular weight is 481 g/mol. The van der Waals surface area contributed by atoms with E-state index in [1.807, 2.05) is 6.07 Å². The summed E-state index contributed by atoms with van der Waals surface area (Å²) in [5.74, 6) is -0.297. The SMILES string of the molecule is CS(=O)(=O)c1ccc(NC(=O)c2cc(I)ccc2Br)cn1. The van der Waals surface area contributed by atoms with Gasteiger partial charge in [0.1, 0.15) is 0 Å². The Labute approximate surface area is 144 Å². The van der Waals surface area contributed by atoms with Crippen molar-refractivity contribution < 1.29 is 13.2 Å². The second kappa shape index (κ2) is 6.41. The van der Waals surface area contributed by atoms with Gasteiger partial charge in [-0.2, -0.15) is 0 Å². The minimum atomic E-state index is -3.34. The first kappa shape index (κ1) is 16.4. The topological polar surface area (TPSA) is 76.1 Å². The lowest BCUT2D eigenvalue weighted by molar-refractivity contribution is 0.102. The van der Waals surface area contributed by atoms with E-state index in [9.17, 15) is 13.2 Å². The van der Waals surface area contributed by atoms with Gasteiger partial charge in [0, 0.05) is 14.3 Å². The lowest BCUT2D eigenvalue weighted by atomic mass is 10.2. The summed E-state index contributed by atoms with van der Waals surface area (Å²) in [6.07, 6.45) is 2.40. The third-order valence-corrected chi connectivity index (χ3v) is 4.91. The van der Waals surface area contributed by atoms with Crippen molar-refractivity contribution in [3.63, 3.8) is 0 Å². The first-order chi connectivity index (χ1) is 9.77. The molecule has 0 spiro atoms. The van der Waals surface area contributed by atoms with Gasteiger partial charge in [-0.25, -0.2) is 13.4 Å². The second-order valence-electron chi connectivity index (χ2n) is 4.24. The first-order valence-electron chi connectivity index (χ1n) is 5.70. The minimum Gasteiger partial charge on any atom is -0.321 e. The number of hydrogen-bond acceptors (Lipinski definition) is 4. The van der Waals surface area contributed by atoms with Crippen LogP contribution < -0.4 is 5.32 Å². The molecule has 0 unspecified atom stereocenters. The number of halogens is 2. The van der Waals surface area contributed by atoms with Crippen molar-refractivity contribution in [2.45, 2.75) is 5.03 Å². The standard InChI is InChI=1S/C13H10BrIN2O3S/c1-21(19,20)12-5-3-9(7-16-12)17-13(18)10-6-8(15)2-4-11(10)14/h2-7H,1H3,(H,17,18). The molecule has 1 N–H and O–H groups in total. The van der Waals surface area contributed by atoms with Crippen LogP contribution in [0.1, 0.15) is 10.4 Å². The zero-order valence-corrected chi connectivity index (χ0v) is 15.4. The zero-order chi connectivity index (χ0) is 15.6. The Hall–Kier alpha value is -1.00. The molecule has 1 aromatic carbocycles. The molecule has 0 bridgehead atoms. The fraction of sp³-hybridized carbons (Fsp3) is 0.0769. The second-order valence-corrected chi connectivity index (χ2v) is 8.30. The van der Waals surface area contributed by atoms with Crippen LogP contribution >= 0.6 is 38.5 Å². The largest absolute Gasteiger partial charge is 0.321 e. The molecule has 8 heteroatoms. The third kappa shape index (κ3) is 4.24.